The number of Topliss-reactive ketones (excluding diaryl/α,β-unsaturated/α-hetero) is 1. The van der Waals surface area contributed by atoms with E-state index in [1.54, 1.807) is 24.3 Å². The summed E-state index contributed by atoms with van der Waals surface area (Å²) in [6.45, 7) is 0. The molecule has 2 aromatic carbocycles. The molecule has 1 aromatic heterocycles. The Kier molecular flexibility index (Phi) is 5.71. The van der Waals surface area contributed by atoms with Crippen molar-refractivity contribution in [1.29, 1.82) is 0 Å². The summed E-state index contributed by atoms with van der Waals surface area (Å²) < 4.78 is 10.7. The molecule has 0 aliphatic carbocycles. The molecule has 1 unspecified atom stereocenters. The number of anilines is 1. The van der Waals surface area contributed by atoms with Crippen LogP contribution < -0.4 is 9.64 Å². The van der Waals surface area contributed by atoms with Crippen LogP contribution in [0, 0.1) is 0 Å². The molecule has 1 fully saturated rings. The molecule has 1 atom stereocenters. The molecule has 3 aromatic rings. The number of nitrogens with zero attached hydrogens (tertiary/aromatic N) is 1. The SMILES string of the molecule is COc1ccc(N2C(=O)C(=O)/C(=C(\O)c3ccc(Cl)c(Cl)c3)C2c2ccco2)cc1Cl. The minimum absolute atomic E-state index is 0.148. The molecule has 4 rings (SSSR count). The van der Waals surface area contributed by atoms with Gasteiger partial charge in [0.2, 0.25) is 0 Å². The first kappa shape index (κ1) is 21.3. The van der Waals surface area contributed by atoms with Crippen LogP contribution in [0.2, 0.25) is 15.1 Å². The van der Waals surface area contributed by atoms with E-state index in [0.29, 0.717) is 11.4 Å². The summed E-state index contributed by atoms with van der Waals surface area (Å²) in [7, 11) is 1.47. The number of furan rings is 1. The molecule has 9 heteroatoms. The maximum Gasteiger partial charge on any atom is 0.300 e. The van der Waals surface area contributed by atoms with Crippen molar-refractivity contribution < 1.29 is 23.8 Å². The lowest BCUT2D eigenvalue weighted by atomic mass is 9.99. The summed E-state index contributed by atoms with van der Waals surface area (Å²) in [6.07, 6.45) is 1.41. The third-order valence-corrected chi connectivity index (χ3v) is 5.90. The second-order valence-corrected chi connectivity index (χ2v) is 7.85. The van der Waals surface area contributed by atoms with E-state index in [2.05, 4.69) is 0 Å². The van der Waals surface area contributed by atoms with Gasteiger partial charge < -0.3 is 14.3 Å². The van der Waals surface area contributed by atoms with Gasteiger partial charge in [-0.1, -0.05) is 34.8 Å². The number of aliphatic hydroxyl groups excluding tert-OH is 1. The van der Waals surface area contributed by atoms with Crippen molar-refractivity contribution in [2.45, 2.75) is 6.04 Å². The second-order valence-electron chi connectivity index (χ2n) is 6.63. The normalized spacial score (nSPS) is 17.9. The molecule has 0 radical (unpaired) electrons. The number of amides is 1. The smallest absolute Gasteiger partial charge is 0.300 e. The van der Waals surface area contributed by atoms with Gasteiger partial charge in [-0.05, 0) is 48.5 Å². The van der Waals surface area contributed by atoms with E-state index >= 15 is 0 Å². The summed E-state index contributed by atoms with van der Waals surface area (Å²) in [6, 6.07) is 11.3. The van der Waals surface area contributed by atoms with E-state index in [9.17, 15) is 14.7 Å². The van der Waals surface area contributed by atoms with Gasteiger partial charge in [0.25, 0.3) is 11.7 Å². The van der Waals surface area contributed by atoms with E-state index in [1.807, 2.05) is 0 Å². The molecule has 31 heavy (non-hydrogen) atoms. The van der Waals surface area contributed by atoms with Crippen molar-refractivity contribution in [3.63, 3.8) is 0 Å². The molecule has 2 heterocycles. The quantitative estimate of drug-likeness (QED) is 0.288. The molecule has 1 amide bonds. The largest absolute Gasteiger partial charge is 0.507 e. The summed E-state index contributed by atoms with van der Waals surface area (Å²) >= 11 is 18.2. The second kappa shape index (κ2) is 8.30. The predicted octanol–water partition coefficient (Wildman–Crippen LogP) is 5.87. The van der Waals surface area contributed by atoms with Gasteiger partial charge in [0, 0.05) is 11.3 Å². The summed E-state index contributed by atoms with van der Waals surface area (Å²) in [5, 5.41) is 11.7. The van der Waals surface area contributed by atoms with Crippen LogP contribution in [0.25, 0.3) is 5.76 Å². The van der Waals surface area contributed by atoms with Gasteiger partial charge in [0.05, 0.1) is 34.0 Å². The van der Waals surface area contributed by atoms with Gasteiger partial charge >= 0.3 is 0 Å². The Balaban J connectivity index is 1.92. The van der Waals surface area contributed by atoms with Crippen molar-refractivity contribution in [3.05, 3.63) is 86.8 Å². The third-order valence-electron chi connectivity index (χ3n) is 4.86. The number of carbonyl (C=O) groups excluding carboxylic acids is 2. The van der Waals surface area contributed by atoms with Crippen LogP contribution in [-0.4, -0.2) is 23.9 Å². The Morgan fingerprint density at radius 2 is 1.81 bits per heavy atom. The molecule has 0 saturated carbocycles. The van der Waals surface area contributed by atoms with Crippen LogP contribution >= 0.6 is 34.8 Å². The van der Waals surface area contributed by atoms with Gasteiger partial charge in [-0.25, -0.2) is 0 Å². The highest BCUT2D eigenvalue weighted by atomic mass is 35.5. The fraction of sp³-hybridized carbons (Fsp3) is 0.0909. The van der Waals surface area contributed by atoms with Gasteiger partial charge in [-0.2, -0.15) is 0 Å². The fourth-order valence-corrected chi connectivity index (χ4v) is 3.97. The van der Waals surface area contributed by atoms with Crippen LogP contribution in [-0.2, 0) is 9.59 Å². The molecule has 1 N–H and O–H groups in total. The summed E-state index contributed by atoms with van der Waals surface area (Å²) in [5.41, 5.74) is 0.421. The summed E-state index contributed by atoms with van der Waals surface area (Å²) in [4.78, 5) is 27.2. The van der Waals surface area contributed by atoms with Crippen LogP contribution in [0.1, 0.15) is 17.4 Å². The number of hydrogen-bond donors (Lipinski definition) is 1. The average Bonchev–Trinajstić information content (AvgIpc) is 3.36. The standard InChI is InChI=1S/C22H14Cl3NO5/c1-30-16-7-5-12(10-15(16)25)26-19(17-3-2-8-31-17)18(21(28)22(26)29)20(27)11-4-6-13(23)14(24)9-11/h2-10,19,27H,1H3/b20-18-. The highest BCUT2D eigenvalue weighted by Crippen LogP contribution is 2.44. The Bertz CT molecular complexity index is 1220. The number of aliphatic hydroxyl groups is 1. The first-order chi connectivity index (χ1) is 14.8. The molecule has 0 bridgehead atoms. The lowest BCUT2D eigenvalue weighted by Gasteiger charge is -2.24. The number of ether oxygens (including phenoxy) is 1. The Morgan fingerprint density at radius 1 is 1.03 bits per heavy atom. The number of halogens is 3. The maximum absolute atomic E-state index is 13.0. The molecular formula is C22H14Cl3NO5. The van der Waals surface area contributed by atoms with Crippen molar-refractivity contribution in [2.24, 2.45) is 0 Å². The molecule has 1 aliphatic heterocycles. The molecule has 158 valence electrons. The van der Waals surface area contributed by atoms with E-state index in [4.69, 9.17) is 44.0 Å². The van der Waals surface area contributed by atoms with Crippen LogP contribution in [0.4, 0.5) is 5.69 Å². The van der Waals surface area contributed by atoms with Crippen molar-refractivity contribution >= 4 is 57.9 Å². The van der Waals surface area contributed by atoms with E-state index in [0.717, 1.165) is 0 Å². The number of benzene rings is 2. The Hall–Kier alpha value is -2.93. The molecule has 6 nitrogen and oxygen atoms in total. The Labute approximate surface area is 192 Å². The average molecular weight is 479 g/mol. The zero-order chi connectivity index (χ0) is 22.3. The molecule has 1 aliphatic rings. The van der Waals surface area contributed by atoms with Gasteiger partial charge in [-0.3, -0.25) is 14.5 Å². The zero-order valence-corrected chi connectivity index (χ0v) is 18.2. The molecular weight excluding hydrogens is 465 g/mol. The minimum Gasteiger partial charge on any atom is -0.507 e. The zero-order valence-electron chi connectivity index (χ0n) is 15.9. The predicted molar refractivity (Wildman–Crippen MR) is 118 cm³/mol. The number of methoxy groups -OCH3 is 1. The van der Waals surface area contributed by atoms with Crippen molar-refractivity contribution in [2.75, 3.05) is 12.0 Å². The molecule has 1 saturated heterocycles. The number of hydrogen-bond acceptors (Lipinski definition) is 5. The molecule has 0 spiro atoms. The number of ketones is 1. The van der Waals surface area contributed by atoms with E-state index < -0.39 is 23.5 Å². The third kappa shape index (κ3) is 3.67. The van der Waals surface area contributed by atoms with E-state index in [1.165, 1.54) is 42.5 Å². The monoisotopic (exact) mass is 477 g/mol. The first-order valence-electron chi connectivity index (χ1n) is 8.97. The lowest BCUT2D eigenvalue weighted by Crippen LogP contribution is -2.29. The van der Waals surface area contributed by atoms with Gasteiger partial charge in [0.1, 0.15) is 23.3 Å². The van der Waals surface area contributed by atoms with Crippen LogP contribution in [0.5, 0.6) is 5.75 Å². The topological polar surface area (TPSA) is 80.0 Å². The van der Waals surface area contributed by atoms with Gasteiger partial charge in [-0.15, -0.1) is 0 Å². The summed E-state index contributed by atoms with van der Waals surface area (Å²) in [5.74, 6) is -1.43. The van der Waals surface area contributed by atoms with Crippen LogP contribution in [0.15, 0.2) is 64.8 Å². The lowest BCUT2D eigenvalue weighted by molar-refractivity contribution is -0.132. The highest BCUT2D eigenvalue weighted by Gasteiger charge is 2.48. The van der Waals surface area contributed by atoms with Crippen molar-refractivity contribution in [1.82, 2.24) is 0 Å². The van der Waals surface area contributed by atoms with Gasteiger partial charge in [0.15, 0.2) is 0 Å². The highest BCUT2D eigenvalue weighted by molar-refractivity contribution is 6.52. The van der Waals surface area contributed by atoms with Crippen molar-refractivity contribution in [3.8, 4) is 5.75 Å². The first-order valence-corrected chi connectivity index (χ1v) is 10.1. The minimum atomic E-state index is -1.02. The Morgan fingerprint density at radius 3 is 2.42 bits per heavy atom. The van der Waals surface area contributed by atoms with E-state index in [-0.39, 0.29) is 32.0 Å². The van der Waals surface area contributed by atoms with Crippen LogP contribution in [0.3, 0.4) is 0 Å². The fourth-order valence-electron chi connectivity index (χ4n) is 3.42. The number of rotatable bonds is 4. The maximum atomic E-state index is 13.0. The number of carbonyl (C=O) groups is 2.